The Morgan fingerprint density at radius 2 is 1.58 bits per heavy atom. The van der Waals surface area contributed by atoms with Gasteiger partial charge in [-0.3, -0.25) is 9.69 Å². The van der Waals surface area contributed by atoms with E-state index in [0.29, 0.717) is 25.2 Å². The lowest BCUT2D eigenvalue weighted by molar-refractivity contribution is -0.132. The zero-order valence-electron chi connectivity index (χ0n) is 21.6. The van der Waals surface area contributed by atoms with Gasteiger partial charge in [-0.1, -0.05) is 72.8 Å². The molecule has 0 saturated carbocycles. The van der Waals surface area contributed by atoms with E-state index in [1.807, 2.05) is 66.0 Å². The van der Waals surface area contributed by atoms with Gasteiger partial charge in [0.1, 0.15) is 0 Å². The predicted molar refractivity (Wildman–Crippen MR) is 148 cm³/mol. The number of carbonyl (C=O) groups is 1. The third kappa shape index (κ3) is 6.37. The predicted octanol–water partition coefficient (Wildman–Crippen LogP) is 5.04. The Morgan fingerprint density at radius 1 is 0.895 bits per heavy atom. The molecular formula is C32H33N5O. The van der Waals surface area contributed by atoms with Gasteiger partial charge in [0.15, 0.2) is 0 Å². The number of hydrogen-bond acceptors (Lipinski definition) is 4. The summed E-state index contributed by atoms with van der Waals surface area (Å²) in [5, 5.41) is 9.10. The summed E-state index contributed by atoms with van der Waals surface area (Å²) < 4.78 is 2.15. The summed E-state index contributed by atoms with van der Waals surface area (Å²) in [4.78, 5) is 22.4. The lowest BCUT2D eigenvalue weighted by Gasteiger charge is -2.28. The maximum Gasteiger partial charge on any atom is 0.240 e. The van der Waals surface area contributed by atoms with E-state index in [1.54, 1.807) is 0 Å². The van der Waals surface area contributed by atoms with Crippen LogP contribution in [0.2, 0.25) is 0 Å². The number of aromatic nitrogens is 2. The Kier molecular flexibility index (Phi) is 8.27. The first-order chi connectivity index (χ1) is 18.7. The summed E-state index contributed by atoms with van der Waals surface area (Å²) in [6, 6.07) is 30.5. The van der Waals surface area contributed by atoms with Crippen molar-refractivity contribution < 1.29 is 4.79 Å². The van der Waals surface area contributed by atoms with Gasteiger partial charge in [-0.05, 0) is 54.6 Å². The van der Waals surface area contributed by atoms with Crippen molar-refractivity contribution in [1.29, 1.82) is 5.26 Å². The molecule has 1 aliphatic heterocycles. The Balaban J connectivity index is 1.30. The number of hydrogen-bond donors (Lipinski definition) is 0. The fraction of sp³-hybridized carbons (Fsp3) is 0.281. The molecular weight excluding hydrogens is 470 g/mol. The highest BCUT2D eigenvalue weighted by Crippen LogP contribution is 2.23. The number of carbonyl (C=O) groups excluding carboxylic acids is 1. The van der Waals surface area contributed by atoms with E-state index in [1.165, 1.54) is 5.56 Å². The Hall–Kier alpha value is -4.21. The van der Waals surface area contributed by atoms with Gasteiger partial charge in [-0.25, -0.2) is 4.98 Å². The smallest absolute Gasteiger partial charge is 0.240 e. The zero-order chi connectivity index (χ0) is 26.2. The first-order valence-electron chi connectivity index (χ1n) is 13.3. The van der Waals surface area contributed by atoms with E-state index < -0.39 is 0 Å². The number of benzene rings is 3. The molecule has 0 radical (unpaired) electrons. The normalized spacial score (nSPS) is 15.2. The molecule has 1 aliphatic rings. The zero-order valence-corrected chi connectivity index (χ0v) is 21.6. The second-order valence-corrected chi connectivity index (χ2v) is 9.93. The molecule has 2 heterocycles. The van der Waals surface area contributed by atoms with Crippen LogP contribution >= 0.6 is 0 Å². The van der Waals surface area contributed by atoms with Crippen molar-refractivity contribution >= 4 is 5.91 Å². The maximum absolute atomic E-state index is 13.6. The lowest BCUT2D eigenvalue weighted by Crippen LogP contribution is -2.42. The molecule has 1 saturated heterocycles. The summed E-state index contributed by atoms with van der Waals surface area (Å²) >= 11 is 0. The second-order valence-electron chi connectivity index (χ2n) is 9.93. The van der Waals surface area contributed by atoms with E-state index in [4.69, 9.17) is 5.26 Å². The summed E-state index contributed by atoms with van der Waals surface area (Å²) in [5.74, 6) is 0.215. The minimum Gasteiger partial charge on any atom is -0.337 e. The fourth-order valence-corrected chi connectivity index (χ4v) is 5.21. The van der Waals surface area contributed by atoms with Crippen molar-refractivity contribution in [2.75, 3.05) is 13.1 Å². The number of likely N-dealkylation sites (tertiary alicyclic amines) is 1. The monoisotopic (exact) mass is 503 g/mol. The molecule has 6 heteroatoms. The van der Waals surface area contributed by atoms with Crippen molar-refractivity contribution in [3.63, 3.8) is 0 Å². The number of nitriles is 1. The SMILES string of the molecule is N#Cc1ccc(Cn2cncc2CN(CCCc2ccccc2)C2CCN(Cc3ccccc3)C2=O)cc1. The van der Waals surface area contributed by atoms with Crippen molar-refractivity contribution in [2.24, 2.45) is 0 Å². The van der Waals surface area contributed by atoms with Gasteiger partial charge >= 0.3 is 0 Å². The number of imidazole rings is 1. The van der Waals surface area contributed by atoms with Crippen LogP contribution in [0.3, 0.4) is 0 Å². The first kappa shape index (κ1) is 25.4. The number of nitrogens with zero attached hydrogens (tertiary/aromatic N) is 5. The molecule has 4 aromatic rings. The summed E-state index contributed by atoms with van der Waals surface area (Å²) in [5.41, 5.74) is 5.34. The molecule has 3 aromatic carbocycles. The van der Waals surface area contributed by atoms with E-state index in [0.717, 1.165) is 49.2 Å². The molecule has 1 fully saturated rings. The summed E-state index contributed by atoms with van der Waals surface area (Å²) in [6.45, 7) is 3.62. The molecule has 0 N–H and O–H groups in total. The molecule has 192 valence electrons. The van der Waals surface area contributed by atoms with E-state index in [-0.39, 0.29) is 11.9 Å². The highest BCUT2D eigenvalue weighted by Gasteiger charge is 2.36. The van der Waals surface area contributed by atoms with E-state index in [2.05, 4.69) is 56.9 Å². The third-order valence-corrected chi connectivity index (χ3v) is 7.28. The molecule has 6 nitrogen and oxygen atoms in total. The minimum absolute atomic E-state index is 0.132. The molecule has 5 rings (SSSR count). The molecule has 1 unspecified atom stereocenters. The number of rotatable bonds is 11. The topological polar surface area (TPSA) is 65.2 Å². The van der Waals surface area contributed by atoms with Crippen molar-refractivity contribution in [1.82, 2.24) is 19.4 Å². The average molecular weight is 504 g/mol. The molecule has 1 atom stereocenters. The van der Waals surface area contributed by atoms with Gasteiger partial charge in [0.2, 0.25) is 5.91 Å². The standard InChI is InChI=1S/C32H33N5O/c33-20-27-13-15-29(16-14-27)23-37-25-34-21-30(37)24-35(18-7-12-26-8-3-1-4-9-26)31-17-19-36(32(31)38)22-28-10-5-2-6-11-28/h1-6,8-11,13-16,21,25,31H,7,12,17-19,22-24H2. The number of amides is 1. The van der Waals surface area contributed by atoms with Gasteiger partial charge < -0.3 is 9.47 Å². The first-order valence-corrected chi connectivity index (χ1v) is 13.3. The fourth-order valence-electron chi connectivity index (χ4n) is 5.21. The largest absolute Gasteiger partial charge is 0.337 e. The van der Waals surface area contributed by atoms with E-state index in [9.17, 15) is 4.79 Å². The van der Waals surface area contributed by atoms with Crippen LogP contribution in [-0.4, -0.2) is 44.4 Å². The molecule has 1 aromatic heterocycles. The second kappa shape index (κ2) is 12.4. The van der Waals surface area contributed by atoms with Crippen LogP contribution in [0.5, 0.6) is 0 Å². The molecule has 0 spiro atoms. The van der Waals surface area contributed by atoms with Gasteiger partial charge in [-0.2, -0.15) is 5.26 Å². The average Bonchev–Trinajstić information content (AvgIpc) is 3.55. The Morgan fingerprint density at radius 3 is 2.29 bits per heavy atom. The van der Waals surface area contributed by atoms with Crippen LogP contribution < -0.4 is 0 Å². The van der Waals surface area contributed by atoms with Crippen molar-refractivity contribution in [3.8, 4) is 6.07 Å². The minimum atomic E-state index is -0.132. The van der Waals surface area contributed by atoms with Gasteiger partial charge in [0.05, 0.1) is 29.7 Å². The van der Waals surface area contributed by atoms with Crippen molar-refractivity contribution in [2.45, 2.75) is 44.9 Å². The molecule has 38 heavy (non-hydrogen) atoms. The van der Waals surface area contributed by atoms with Gasteiger partial charge in [0, 0.05) is 32.4 Å². The Bertz CT molecular complexity index is 1360. The Labute approximate surface area is 224 Å². The summed E-state index contributed by atoms with van der Waals surface area (Å²) in [7, 11) is 0. The van der Waals surface area contributed by atoms with E-state index >= 15 is 0 Å². The van der Waals surface area contributed by atoms with Crippen LogP contribution in [0, 0.1) is 11.3 Å². The molecule has 1 amide bonds. The summed E-state index contributed by atoms with van der Waals surface area (Å²) in [6.07, 6.45) is 6.57. The van der Waals surface area contributed by atoms with Gasteiger partial charge in [0.25, 0.3) is 0 Å². The van der Waals surface area contributed by atoms with Crippen LogP contribution in [0.1, 0.15) is 40.8 Å². The molecule has 0 bridgehead atoms. The number of aryl methyl sites for hydroxylation is 1. The quantitative estimate of drug-likeness (QED) is 0.288. The van der Waals surface area contributed by atoms with Crippen LogP contribution in [0.25, 0.3) is 0 Å². The van der Waals surface area contributed by atoms with Crippen LogP contribution in [-0.2, 0) is 30.8 Å². The highest BCUT2D eigenvalue weighted by atomic mass is 16.2. The lowest BCUT2D eigenvalue weighted by atomic mass is 10.1. The van der Waals surface area contributed by atoms with Crippen molar-refractivity contribution in [3.05, 3.63) is 125 Å². The highest BCUT2D eigenvalue weighted by molar-refractivity contribution is 5.84. The molecule has 0 aliphatic carbocycles. The van der Waals surface area contributed by atoms with Crippen LogP contribution in [0.15, 0.2) is 97.5 Å². The van der Waals surface area contributed by atoms with Gasteiger partial charge in [-0.15, -0.1) is 0 Å². The maximum atomic E-state index is 13.6. The van der Waals surface area contributed by atoms with Crippen LogP contribution in [0.4, 0.5) is 0 Å². The third-order valence-electron chi connectivity index (χ3n) is 7.28.